The first-order valence-electron chi connectivity index (χ1n) is 12.8. The highest BCUT2D eigenvalue weighted by atomic mass is 19.1. The Labute approximate surface area is 196 Å². The van der Waals surface area contributed by atoms with Crippen LogP contribution in [-0.2, 0) is 9.59 Å². The van der Waals surface area contributed by atoms with E-state index in [1.165, 1.54) is 6.07 Å². The maximum absolute atomic E-state index is 15.5. The minimum absolute atomic E-state index is 0.00700. The van der Waals surface area contributed by atoms with Gasteiger partial charge in [0, 0.05) is 24.9 Å². The lowest BCUT2D eigenvalue weighted by atomic mass is 9.80. The molecule has 0 bridgehead atoms. The van der Waals surface area contributed by atoms with E-state index in [0.29, 0.717) is 31.5 Å². The van der Waals surface area contributed by atoms with Crippen molar-refractivity contribution in [2.24, 2.45) is 17.8 Å². The number of carbonyl (C=O) groups excluding carboxylic acids is 3. The van der Waals surface area contributed by atoms with E-state index in [1.54, 1.807) is 12.1 Å². The molecule has 1 atom stereocenters. The molecule has 1 aromatic carbocycles. The van der Waals surface area contributed by atoms with Crippen LogP contribution in [0.15, 0.2) is 18.2 Å². The summed E-state index contributed by atoms with van der Waals surface area (Å²) in [6.07, 6.45) is 8.52. The normalized spacial score (nSPS) is 21.2. The molecule has 5 nitrogen and oxygen atoms in total. The molecular formula is C27H37FN2O3. The molecule has 2 aliphatic carbocycles. The van der Waals surface area contributed by atoms with E-state index in [2.05, 4.69) is 5.32 Å². The van der Waals surface area contributed by atoms with Gasteiger partial charge in [0.2, 0.25) is 5.91 Å². The van der Waals surface area contributed by atoms with Crippen molar-refractivity contribution < 1.29 is 18.8 Å². The molecule has 1 N–H and O–H groups in total. The molecule has 0 aromatic heterocycles. The van der Waals surface area contributed by atoms with Gasteiger partial charge in [0.15, 0.2) is 5.78 Å². The molecule has 1 heterocycles. The van der Waals surface area contributed by atoms with Gasteiger partial charge < -0.3 is 10.2 Å². The summed E-state index contributed by atoms with van der Waals surface area (Å²) in [4.78, 5) is 40.3. The SMILES string of the molecule is CC(C)C(=O)[C@H](NC(=O)c1cccc(C2CCN(C(=O)C3CC3)CC2)c1F)C1CCCCC1. The van der Waals surface area contributed by atoms with Gasteiger partial charge in [0.25, 0.3) is 5.91 Å². The summed E-state index contributed by atoms with van der Waals surface area (Å²) < 4.78 is 15.5. The van der Waals surface area contributed by atoms with Crippen molar-refractivity contribution >= 4 is 17.6 Å². The predicted octanol–water partition coefficient (Wildman–Crippen LogP) is 4.85. The van der Waals surface area contributed by atoms with Crippen molar-refractivity contribution in [3.63, 3.8) is 0 Å². The average Bonchev–Trinajstić information content (AvgIpc) is 3.68. The van der Waals surface area contributed by atoms with Crippen LogP contribution in [0.1, 0.15) is 93.5 Å². The molecule has 2 amide bonds. The lowest BCUT2D eigenvalue weighted by molar-refractivity contribution is -0.133. The minimum atomic E-state index is -0.558. The second-order valence-electron chi connectivity index (χ2n) is 10.5. The Hall–Kier alpha value is -2.24. The number of hydrogen-bond acceptors (Lipinski definition) is 3. The smallest absolute Gasteiger partial charge is 0.254 e. The van der Waals surface area contributed by atoms with Gasteiger partial charge in [-0.2, -0.15) is 0 Å². The van der Waals surface area contributed by atoms with Crippen LogP contribution in [0.2, 0.25) is 0 Å². The second kappa shape index (κ2) is 10.4. The van der Waals surface area contributed by atoms with Crippen molar-refractivity contribution in [3.05, 3.63) is 35.1 Å². The number of likely N-dealkylation sites (tertiary alicyclic amines) is 1. The minimum Gasteiger partial charge on any atom is -0.342 e. The molecule has 4 rings (SSSR count). The highest BCUT2D eigenvalue weighted by molar-refractivity contribution is 5.98. The summed E-state index contributed by atoms with van der Waals surface area (Å²) in [5.74, 6) is -0.579. The summed E-state index contributed by atoms with van der Waals surface area (Å²) >= 11 is 0. The Balaban J connectivity index is 1.46. The number of benzene rings is 1. The van der Waals surface area contributed by atoms with E-state index in [9.17, 15) is 14.4 Å². The molecule has 2 saturated carbocycles. The fourth-order valence-corrected chi connectivity index (χ4v) is 5.51. The van der Waals surface area contributed by atoms with E-state index < -0.39 is 17.8 Å². The van der Waals surface area contributed by atoms with Gasteiger partial charge in [0.05, 0.1) is 11.6 Å². The number of ketones is 1. The fraction of sp³-hybridized carbons (Fsp3) is 0.667. The van der Waals surface area contributed by atoms with Crippen LogP contribution in [0, 0.1) is 23.6 Å². The van der Waals surface area contributed by atoms with Gasteiger partial charge >= 0.3 is 0 Å². The molecule has 1 aromatic rings. The van der Waals surface area contributed by atoms with Gasteiger partial charge in [-0.05, 0) is 62.0 Å². The van der Waals surface area contributed by atoms with E-state index in [-0.39, 0.29) is 40.9 Å². The summed E-state index contributed by atoms with van der Waals surface area (Å²) in [6.45, 7) is 4.99. The van der Waals surface area contributed by atoms with Crippen molar-refractivity contribution in [3.8, 4) is 0 Å². The zero-order valence-corrected chi connectivity index (χ0v) is 19.9. The summed E-state index contributed by atoms with van der Waals surface area (Å²) in [6, 6.07) is 4.44. The molecule has 180 valence electrons. The van der Waals surface area contributed by atoms with Crippen LogP contribution < -0.4 is 5.32 Å². The van der Waals surface area contributed by atoms with E-state index >= 15 is 4.39 Å². The number of halogens is 1. The third-order valence-electron chi connectivity index (χ3n) is 7.73. The molecule has 33 heavy (non-hydrogen) atoms. The molecule has 3 fully saturated rings. The van der Waals surface area contributed by atoms with E-state index in [0.717, 1.165) is 44.9 Å². The van der Waals surface area contributed by atoms with Crippen molar-refractivity contribution in [2.75, 3.05) is 13.1 Å². The summed E-state index contributed by atoms with van der Waals surface area (Å²) in [5, 5.41) is 2.92. The van der Waals surface area contributed by atoms with E-state index in [1.807, 2.05) is 18.7 Å². The zero-order valence-electron chi connectivity index (χ0n) is 19.9. The molecule has 6 heteroatoms. The standard InChI is InChI=1S/C27H37FN2O3/c1-17(2)25(31)24(19-7-4-3-5-8-19)29-26(32)22-10-6-9-21(23(22)28)18-13-15-30(16-14-18)27(33)20-11-12-20/h6,9-10,17-20,24H,3-5,7-8,11-16H2,1-2H3,(H,29,32)/t24-/m1/s1. The first kappa shape index (κ1) is 23.9. The third kappa shape index (κ3) is 5.47. The molecular weight excluding hydrogens is 419 g/mol. The average molecular weight is 457 g/mol. The molecule has 1 saturated heterocycles. The van der Waals surface area contributed by atoms with Crippen LogP contribution in [0.4, 0.5) is 4.39 Å². The predicted molar refractivity (Wildman–Crippen MR) is 125 cm³/mol. The molecule has 3 aliphatic rings. The number of nitrogens with zero attached hydrogens (tertiary/aromatic N) is 1. The van der Waals surface area contributed by atoms with Gasteiger partial charge in [-0.25, -0.2) is 4.39 Å². The number of hydrogen-bond donors (Lipinski definition) is 1. The maximum atomic E-state index is 15.5. The van der Waals surface area contributed by atoms with Gasteiger partial charge in [-0.3, -0.25) is 14.4 Å². The number of nitrogens with one attached hydrogen (secondary N) is 1. The van der Waals surface area contributed by atoms with Crippen molar-refractivity contribution in [1.29, 1.82) is 0 Å². The Kier molecular flexibility index (Phi) is 7.50. The molecule has 1 aliphatic heterocycles. The summed E-state index contributed by atoms with van der Waals surface area (Å²) in [5.41, 5.74) is 0.562. The molecule has 0 unspecified atom stereocenters. The molecule has 0 radical (unpaired) electrons. The first-order chi connectivity index (χ1) is 15.9. The quantitative estimate of drug-likeness (QED) is 0.638. The van der Waals surface area contributed by atoms with E-state index in [4.69, 9.17) is 0 Å². The first-order valence-corrected chi connectivity index (χ1v) is 12.8. The van der Waals surface area contributed by atoms with Crippen LogP contribution in [0.5, 0.6) is 0 Å². The molecule has 0 spiro atoms. The topological polar surface area (TPSA) is 66.5 Å². The van der Waals surface area contributed by atoms with Gasteiger partial charge in [-0.1, -0.05) is 45.2 Å². The largest absolute Gasteiger partial charge is 0.342 e. The van der Waals surface area contributed by atoms with Crippen molar-refractivity contribution in [2.45, 2.75) is 83.6 Å². The lowest BCUT2D eigenvalue weighted by Crippen LogP contribution is -2.48. The monoisotopic (exact) mass is 456 g/mol. The van der Waals surface area contributed by atoms with Crippen LogP contribution in [-0.4, -0.2) is 41.6 Å². The van der Waals surface area contributed by atoms with Crippen LogP contribution in [0.3, 0.4) is 0 Å². The highest BCUT2D eigenvalue weighted by Crippen LogP contribution is 2.35. The summed E-state index contributed by atoms with van der Waals surface area (Å²) in [7, 11) is 0. The van der Waals surface area contributed by atoms with Gasteiger partial charge in [-0.15, -0.1) is 0 Å². The van der Waals surface area contributed by atoms with Crippen molar-refractivity contribution in [1.82, 2.24) is 10.2 Å². The van der Waals surface area contributed by atoms with Crippen LogP contribution in [0.25, 0.3) is 0 Å². The fourth-order valence-electron chi connectivity index (χ4n) is 5.51. The number of rotatable bonds is 7. The lowest BCUT2D eigenvalue weighted by Gasteiger charge is -2.33. The highest BCUT2D eigenvalue weighted by Gasteiger charge is 2.36. The third-order valence-corrected chi connectivity index (χ3v) is 7.73. The second-order valence-corrected chi connectivity index (χ2v) is 10.5. The Morgan fingerprint density at radius 3 is 2.24 bits per heavy atom. The number of piperidine rings is 1. The number of carbonyl (C=O) groups is 3. The Bertz CT molecular complexity index is 881. The van der Waals surface area contributed by atoms with Gasteiger partial charge in [0.1, 0.15) is 5.82 Å². The maximum Gasteiger partial charge on any atom is 0.254 e. The number of Topliss-reactive ketones (excluding diaryl/α,β-unsaturated/α-hetero) is 1. The Morgan fingerprint density at radius 2 is 1.64 bits per heavy atom. The number of amides is 2. The zero-order chi connectivity index (χ0) is 23.5. The Morgan fingerprint density at radius 1 is 0.970 bits per heavy atom. The van der Waals surface area contributed by atoms with Crippen LogP contribution >= 0.6 is 0 Å².